The van der Waals surface area contributed by atoms with E-state index in [0.29, 0.717) is 0 Å². The Morgan fingerprint density at radius 1 is 1.08 bits per heavy atom. The molecule has 2 unspecified atom stereocenters. The van der Waals surface area contributed by atoms with Gasteiger partial charge in [0.25, 0.3) is 0 Å². The number of rotatable bonds is 3. The first kappa shape index (κ1) is 16.7. The number of hydrogen-bond acceptors (Lipinski definition) is 2. The molecule has 1 aromatic heterocycles. The van der Waals surface area contributed by atoms with Crippen LogP contribution in [0.2, 0.25) is 0 Å². The first-order chi connectivity index (χ1) is 12.2. The summed E-state index contributed by atoms with van der Waals surface area (Å²) < 4.78 is 1.09. The van der Waals surface area contributed by atoms with Crippen molar-refractivity contribution in [2.45, 2.75) is 18.4 Å². The number of hydrogen-bond donors (Lipinski definition) is 1. The van der Waals surface area contributed by atoms with Crippen LogP contribution in [0.5, 0.6) is 0 Å². The van der Waals surface area contributed by atoms with E-state index in [2.05, 4.69) is 81.7 Å². The molecule has 2 aromatic carbocycles. The Labute approximate surface area is 157 Å². The highest BCUT2D eigenvalue weighted by atomic mass is 79.9. The molecule has 1 N–H and O–H groups in total. The van der Waals surface area contributed by atoms with Crippen molar-refractivity contribution in [3.05, 3.63) is 76.4 Å². The monoisotopic (exact) mass is 394 g/mol. The molecule has 127 valence electrons. The predicted octanol–water partition coefficient (Wildman–Crippen LogP) is 3.88. The molecule has 3 aromatic rings. The smallest absolute Gasteiger partial charge is 0.0705 e. The lowest BCUT2D eigenvalue weighted by atomic mass is 9.70. The number of aromatic nitrogens is 1. The van der Waals surface area contributed by atoms with Gasteiger partial charge in [0.2, 0.25) is 0 Å². The number of piperazine rings is 1. The van der Waals surface area contributed by atoms with E-state index in [4.69, 9.17) is 5.32 Å². The molecule has 4 rings (SSSR count). The van der Waals surface area contributed by atoms with Crippen LogP contribution in [-0.4, -0.2) is 30.7 Å². The molecular formula is C21H21BrN3. The summed E-state index contributed by atoms with van der Waals surface area (Å²) in [6, 6.07) is 19.6. The Bertz CT molecular complexity index is 872. The average molecular weight is 395 g/mol. The van der Waals surface area contributed by atoms with Gasteiger partial charge in [-0.25, -0.2) is 5.32 Å². The Hall–Kier alpha value is -1.75. The van der Waals surface area contributed by atoms with Crippen LogP contribution in [0.1, 0.15) is 18.1 Å². The van der Waals surface area contributed by atoms with E-state index < -0.39 is 0 Å². The fourth-order valence-corrected chi connectivity index (χ4v) is 3.99. The SMILES string of the molecule is CC(c1ccc(Br)cc1)(c1ccc2cccnc2c1)C1CNCC[N]1. The van der Waals surface area contributed by atoms with Crippen molar-refractivity contribution in [3.63, 3.8) is 0 Å². The molecule has 4 heteroatoms. The minimum atomic E-state index is -0.195. The predicted molar refractivity (Wildman–Crippen MR) is 106 cm³/mol. The first-order valence-electron chi connectivity index (χ1n) is 8.66. The van der Waals surface area contributed by atoms with Crippen molar-refractivity contribution < 1.29 is 0 Å². The summed E-state index contributed by atoms with van der Waals surface area (Å²) in [5, 5.41) is 9.64. The Kier molecular flexibility index (Phi) is 4.59. The second-order valence-corrected chi connectivity index (χ2v) is 7.66. The fraction of sp³-hybridized carbons (Fsp3) is 0.286. The van der Waals surface area contributed by atoms with Crippen molar-refractivity contribution in [3.8, 4) is 0 Å². The second kappa shape index (κ2) is 6.87. The third-order valence-electron chi connectivity index (χ3n) is 5.29. The van der Waals surface area contributed by atoms with Crippen LogP contribution >= 0.6 is 15.9 Å². The zero-order valence-electron chi connectivity index (χ0n) is 14.2. The van der Waals surface area contributed by atoms with E-state index in [-0.39, 0.29) is 11.5 Å². The van der Waals surface area contributed by atoms with Crippen LogP contribution in [0.4, 0.5) is 0 Å². The van der Waals surface area contributed by atoms with Crippen LogP contribution in [0.15, 0.2) is 65.3 Å². The highest BCUT2D eigenvalue weighted by Crippen LogP contribution is 2.37. The molecule has 0 spiro atoms. The molecule has 2 atom stereocenters. The molecule has 0 saturated carbocycles. The average Bonchev–Trinajstić information content (AvgIpc) is 2.68. The summed E-state index contributed by atoms with van der Waals surface area (Å²) >= 11 is 3.55. The summed E-state index contributed by atoms with van der Waals surface area (Å²) in [6.45, 7) is 5.03. The van der Waals surface area contributed by atoms with Crippen LogP contribution in [0, 0.1) is 0 Å². The molecule has 0 aliphatic carbocycles. The van der Waals surface area contributed by atoms with E-state index in [0.717, 1.165) is 29.6 Å². The van der Waals surface area contributed by atoms with Crippen molar-refractivity contribution in [1.29, 1.82) is 0 Å². The van der Waals surface area contributed by atoms with Gasteiger partial charge in [-0.1, -0.05) is 46.3 Å². The van der Waals surface area contributed by atoms with E-state index in [1.807, 2.05) is 12.3 Å². The summed E-state index contributed by atoms with van der Waals surface area (Å²) in [5.41, 5.74) is 3.38. The van der Waals surface area contributed by atoms with Gasteiger partial charge in [-0.05, 0) is 42.3 Å². The molecule has 1 aliphatic heterocycles. The highest BCUT2D eigenvalue weighted by Gasteiger charge is 2.39. The number of fused-ring (bicyclic) bond motifs is 1. The summed E-state index contributed by atoms with van der Waals surface area (Å²) in [6.07, 6.45) is 1.86. The van der Waals surface area contributed by atoms with Gasteiger partial charge in [-0.2, -0.15) is 0 Å². The van der Waals surface area contributed by atoms with E-state index in [1.165, 1.54) is 16.5 Å². The van der Waals surface area contributed by atoms with Gasteiger partial charge in [0.05, 0.1) is 11.6 Å². The number of nitrogens with zero attached hydrogens (tertiary/aromatic N) is 2. The maximum atomic E-state index is 4.96. The van der Waals surface area contributed by atoms with Gasteiger partial charge in [0.1, 0.15) is 0 Å². The van der Waals surface area contributed by atoms with E-state index >= 15 is 0 Å². The van der Waals surface area contributed by atoms with E-state index in [1.54, 1.807) is 0 Å². The number of halogens is 1. The van der Waals surface area contributed by atoms with Crippen LogP contribution < -0.4 is 10.6 Å². The highest BCUT2D eigenvalue weighted by molar-refractivity contribution is 9.10. The number of nitrogens with one attached hydrogen (secondary N) is 1. The second-order valence-electron chi connectivity index (χ2n) is 6.75. The quantitative estimate of drug-likeness (QED) is 0.731. The molecule has 2 heterocycles. The molecule has 1 fully saturated rings. The molecule has 0 amide bonds. The zero-order chi connectivity index (χ0) is 17.3. The van der Waals surface area contributed by atoms with E-state index in [9.17, 15) is 0 Å². The maximum Gasteiger partial charge on any atom is 0.0705 e. The fourth-order valence-electron chi connectivity index (χ4n) is 3.73. The summed E-state index contributed by atoms with van der Waals surface area (Å²) in [7, 11) is 0. The Balaban J connectivity index is 1.87. The van der Waals surface area contributed by atoms with Crippen molar-refractivity contribution in [2.75, 3.05) is 19.6 Å². The molecule has 1 radical (unpaired) electrons. The minimum Gasteiger partial charge on any atom is -0.314 e. The zero-order valence-corrected chi connectivity index (χ0v) is 15.8. The molecular weight excluding hydrogens is 374 g/mol. The largest absolute Gasteiger partial charge is 0.314 e. The van der Waals surface area contributed by atoms with Crippen molar-refractivity contribution in [2.24, 2.45) is 0 Å². The molecule has 1 saturated heterocycles. The normalized spacial score (nSPS) is 20.3. The van der Waals surface area contributed by atoms with Crippen LogP contribution in [0.3, 0.4) is 0 Å². The minimum absolute atomic E-state index is 0.195. The van der Waals surface area contributed by atoms with Gasteiger partial charge in [-0.3, -0.25) is 4.98 Å². The lowest BCUT2D eigenvalue weighted by Crippen LogP contribution is -2.54. The van der Waals surface area contributed by atoms with Gasteiger partial charge >= 0.3 is 0 Å². The van der Waals surface area contributed by atoms with Gasteiger partial charge in [0, 0.05) is 41.1 Å². The molecule has 25 heavy (non-hydrogen) atoms. The summed E-state index contributed by atoms with van der Waals surface area (Å²) in [4.78, 5) is 4.55. The molecule has 3 nitrogen and oxygen atoms in total. The van der Waals surface area contributed by atoms with Crippen LogP contribution in [-0.2, 0) is 5.41 Å². The van der Waals surface area contributed by atoms with Crippen molar-refractivity contribution >= 4 is 26.8 Å². The molecule has 0 bridgehead atoms. The third-order valence-corrected chi connectivity index (χ3v) is 5.82. The third kappa shape index (κ3) is 3.10. The van der Waals surface area contributed by atoms with Gasteiger partial charge < -0.3 is 5.32 Å². The number of pyridine rings is 1. The lowest BCUT2D eigenvalue weighted by molar-refractivity contribution is 0.310. The standard InChI is InChI=1S/C21H21BrN3/c1-21(20-14-23-11-12-25-20,16-6-8-18(22)9-7-16)17-5-4-15-3-2-10-24-19(15)13-17/h2-10,13,20,23H,11-12,14H2,1H3. The topological polar surface area (TPSA) is 39.0 Å². The maximum absolute atomic E-state index is 4.96. The number of benzene rings is 2. The molecule has 1 aliphatic rings. The van der Waals surface area contributed by atoms with Gasteiger partial charge in [0.15, 0.2) is 0 Å². The van der Waals surface area contributed by atoms with Crippen LogP contribution in [0.25, 0.3) is 10.9 Å². The Morgan fingerprint density at radius 3 is 2.64 bits per heavy atom. The van der Waals surface area contributed by atoms with Crippen molar-refractivity contribution in [1.82, 2.24) is 15.6 Å². The summed E-state index contributed by atoms with van der Waals surface area (Å²) in [5.74, 6) is 0. The Morgan fingerprint density at radius 2 is 1.88 bits per heavy atom. The lowest BCUT2D eigenvalue weighted by Gasteiger charge is -2.41. The van der Waals surface area contributed by atoms with Gasteiger partial charge in [-0.15, -0.1) is 0 Å². The first-order valence-corrected chi connectivity index (χ1v) is 9.46.